The molecule has 3 N–H and O–H groups in total. The van der Waals surface area contributed by atoms with Crippen molar-refractivity contribution < 1.29 is 24.5 Å². The van der Waals surface area contributed by atoms with E-state index in [0.29, 0.717) is 19.3 Å². The largest absolute Gasteiger partial charge is 0.462 e. The van der Waals surface area contributed by atoms with E-state index in [1.165, 1.54) is 276 Å². The Balaban J connectivity index is 4.45. The molecule has 1 amide bonds. The highest BCUT2D eigenvalue weighted by atomic mass is 16.5. The minimum absolute atomic E-state index is 0.0890. The summed E-state index contributed by atoms with van der Waals surface area (Å²) in [4.78, 5) is 26.3. The van der Waals surface area contributed by atoms with Crippen LogP contribution in [0.25, 0.3) is 0 Å². The number of amides is 1. The van der Waals surface area contributed by atoms with E-state index in [1.54, 1.807) is 0 Å². The molecule has 0 aliphatic carbocycles. The number of rotatable bonds is 58. The Kier molecular flexibility index (Phi) is 55.8. The van der Waals surface area contributed by atoms with Crippen LogP contribution >= 0.6 is 0 Å². The summed E-state index contributed by atoms with van der Waals surface area (Å²) in [6.45, 7) is 6.55. The first-order valence-corrected chi connectivity index (χ1v) is 31.3. The molecule has 0 aromatic rings. The van der Waals surface area contributed by atoms with Crippen molar-refractivity contribution in [3.8, 4) is 0 Å². The van der Waals surface area contributed by atoms with E-state index < -0.39 is 18.2 Å². The van der Waals surface area contributed by atoms with E-state index in [0.717, 1.165) is 38.5 Å². The zero-order valence-corrected chi connectivity index (χ0v) is 46.5. The molecule has 6 heteroatoms. The van der Waals surface area contributed by atoms with Crippen molar-refractivity contribution in [1.29, 1.82) is 0 Å². The highest BCUT2D eigenvalue weighted by molar-refractivity contribution is 5.77. The number of carbonyl (C=O) groups is 2. The standard InChI is InChI=1S/C62H123NO5/c1-4-7-10-13-16-19-22-25-28-29-30-31-34-37-40-43-46-49-52-55-62(67)68-58(53-50-47-44-41-38-35-32-26-23-20-17-14-11-8-5-2)56-61(66)63-59(57-64)60(65)54-51-48-45-42-39-36-33-27-24-21-18-15-12-9-6-3/h58-60,64-65H,4-57H2,1-3H3,(H,63,66). The van der Waals surface area contributed by atoms with Gasteiger partial charge < -0.3 is 20.3 Å². The molecule has 0 aromatic carbocycles. The van der Waals surface area contributed by atoms with E-state index in [1.807, 2.05) is 0 Å². The lowest BCUT2D eigenvalue weighted by molar-refractivity contribution is -0.151. The predicted octanol–water partition coefficient (Wildman–Crippen LogP) is 19.5. The average molecular weight is 963 g/mol. The first-order chi connectivity index (χ1) is 33.5. The van der Waals surface area contributed by atoms with Gasteiger partial charge in [-0.15, -0.1) is 0 Å². The van der Waals surface area contributed by atoms with Crippen molar-refractivity contribution >= 4 is 11.9 Å². The highest BCUT2D eigenvalue weighted by Gasteiger charge is 2.24. The zero-order chi connectivity index (χ0) is 49.5. The van der Waals surface area contributed by atoms with Gasteiger partial charge >= 0.3 is 5.97 Å². The molecule has 0 fully saturated rings. The van der Waals surface area contributed by atoms with E-state index in [2.05, 4.69) is 26.1 Å². The zero-order valence-electron chi connectivity index (χ0n) is 46.5. The molecule has 0 radical (unpaired) electrons. The smallest absolute Gasteiger partial charge is 0.306 e. The summed E-state index contributed by atoms with van der Waals surface area (Å²) < 4.78 is 5.99. The molecule has 3 unspecified atom stereocenters. The molecule has 0 aromatic heterocycles. The number of ether oxygens (including phenoxy) is 1. The number of esters is 1. The highest BCUT2D eigenvalue weighted by Crippen LogP contribution is 2.20. The molecule has 0 heterocycles. The van der Waals surface area contributed by atoms with Gasteiger partial charge in [0, 0.05) is 6.42 Å². The molecule has 68 heavy (non-hydrogen) atoms. The van der Waals surface area contributed by atoms with Crippen LogP contribution in [-0.2, 0) is 14.3 Å². The predicted molar refractivity (Wildman–Crippen MR) is 297 cm³/mol. The van der Waals surface area contributed by atoms with E-state index in [-0.39, 0.29) is 24.9 Å². The number of hydrogen-bond donors (Lipinski definition) is 3. The van der Waals surface area contributed by atoms with Crippen molar-refractivity contribution in [1.82, 2.24) is 5.32 Å². The van der Waals surface area contributed by atoms with Gasteiger partial charge in [0.25, 0.3) is 0 Å². The Hall–Kier alpha value is -1.14. The normalized spacial score (nSPS) is 13.0. The number of hydrogen-bond acceptors (Lipinski definition) is 5. The van der Waals surface area contributed by atoms with Crippen LogP contribution in [0.3, 0.4) is 0 Å². The van der Waals surface area contributed by atoms with Gasteiger partial charge in [-0.3, -0.25) is 9.59 Å². The lowest BCUT2D eigenvalue weighted by Gasteiger charge is -2.24. The van der Waals surface area contributed by atoms with Gasteiger partial charge in [0.05, 0.1) is 25.2 Å². The maximum Gasteiger partial charge on any atom is 0.306 e. The van der Waals surface area contributed by atoms with Crippen molar-refractivity contribution in [2.24, 2.45) is 0 Å². The molecule has 0 bridgehead atoms. The summed E-state index contributed by atoms with van der Waals surface area (Å²) in [5.74, 6) is -0.440. The van der Waals surface area contributed by atoms with E-state index >= 15 is 0 Å². The summed E-state index contributed by atoms with van der Waals surface area (Å²) in [7, 11) is 0. The number of nitrogens with one attached hydrogen (secondary N) is 1. The van der Waals surface area contributed by atoms with Gasteiger partial charge in [-0.2, -0.15) is 0 Å². The van der Waals surface area contributed by atoms with E-state index in [9.17, 15) is 19.8 Å². The lowest BCUT2D eigenvalue weighted by atomic mass is 10.0. The third kappa shape index (κ3) is 51.2. The van der Waals surface area contributed by atoms with Crippen LogP contribution in [-0.4, -0.2) is 46.9 Å². The fourth-order valence-corrected chi connectivity index (χ4v) is 10.2. The molecule has 0 rings (SSSR count). The molecule has 0 aliphatic rings. The maximum atomic E-state index is 13.3. The third-order valence-corrected chi connectivity index (χ3v) is 14.9. The first kappa shape index (κ1) is 66.9. The van der Waals surface area contributed by atoms with Crippen LogP contribution in [0.1, 0.15) is 361 Å². The Morgan fingerprint density at radius 3 is 0.897 bits per heavy atom. The lowest BCUT2D eigenvalue weighted by Crippen LogP contribution is -2.46. The average Bonchev–Trinajstić information content (AvgIpc) is 3.33. The van der Waals surface area contributed by atoms with Gasteiger partial charge in [-0.25, -0.2) is 0 Å². The number of unbranched alkanes of at least 4 members (excludes halogenated alkanes) is 46. The maximum absolute atomic E-state index is 13.3. The van der Waals surface area contributed by atoms with Crippen LogP contribution in [0.2, 0.25) is 0 Å². The molecule has 6 nitrogen and oxygen atoms in total. The Labute approximate surface area is 426 Å². The molecule has 0 saturated heterocycles. The molecular formula is C62H123NO5. The topological polar surface area (TPSA) is 95.9 Å². The van der Waals surface area contributed by atoms with Gasteiger partial charge in [0.1, 0.15) is 6.10 Å². The summed E-state index contributed by atoms with van der Waals surface area (Å²) >= 11 is 0. The first-order valence-electron chi connectivity index (χ1n) is 31.3. The fraction of sp³-hybridized carbons (Fsp3) is 0.968. The van der Waals surface area contributed by atoms with Crippen molar-refractivity contribution in [2.75, 3.05) is 6.61 Å². The van der Waals surface area contributed by atoms with Gasteiger partial charge in [-0.05, 0) is 25.7 Å². The molecule has 406 valence electrons. The number of aliphatic hydroxyl groups is 2. The van der Waals surface area contributed by atoms with Crippen LogP contribution in [0.4, 0.5) is 0 Å². The molecule has 3 atom stereocenters. The van der Waals surface area contributed by atoms with Gasteiger partial charge in [0.2, 0.25) is 5.91 Å². The van der Waals surface area contributed by atoms with Crippen molar-refractivity contribution in [3.63, 3.8) is 0 Å². The second kappa shape index (κ2) is 56.8. The summed E-state index contributed by atoms with van der Waals surface area (Å²) in [5, 5.41) is 23.9. The molecule has 0 saturated carbocycles. The number of aliphatic hydroxyl groups excluding tert-OH is 2. The van der Waals surface area contributed by atoms with Crippen LogP contribution in [0.5, 0.6) is 0 Å². The Morgan fingerprint density at radius 2 is 0.618 bits per heavy atom. The molecule has 0 aliphatic heterocycles. The van der Waals surface area contributed by atoms with Crippen molar-refractivity contribution in [2.45, 2.75) is 379 Å². The summed E-state index contributed by atoms with van der Waals surface area (Å²) in [5.41, 5.74) is 0. The van der Waals surface area contributed by atoms with Gasteiger partial charge in [0.15, 0.2) is 0 Å². The minimum atomic E-state index is -0.781. The van der Waals surface area contributed by atoms with Crippen LogP contribution in [0.15, 0.2) is 0 Å². The molecule has 0 spiro atoms. The van der Waals surface area contributed by atoms with Crippen LogP contribution < -0.4 is 5.32 Å². The number of carbonyl (C=O) groups excluding carboxylic acids is 2. The second-order valence-electron chi connectivity index (χ2n) is 21.8. The van der Waals surface area contributed by atoms with E-state index in [4.69, 9.17) is 4.74 Å². The van der Waals surface area contributed by atoms with Crippen LogP contribution in [0, 0.1) is 0 Å². The summed E-state index contributed by atoms with van der Waals surface area (Å²) in [6.07, 6.45) is 64.6. The Bertz CT molecular complexity index is 990. The van der Waals surface area contributed by atoms with Crippen molar-refractivity contribution in [3.05, 3.63) is 0 Å². The van der Waals surface area contributed by atoms with Gasteiger partial charge in [-0.1, -0.05) is 323 Å². The second-order valence-corrected chi connectivity index (χ2v) is 21.8. The SMILES string of the molecule is CCCCCCCCCCCCCCCCCCCCCC(=O)OC(CCCCCCCCCCCCCCCCC)CC(=O)NC(CO)C(O)CCCCCCCCCCCCCCCCC. The summed E-state index contributed by atoms with van der Waals surface area (Å²) in [6, 6.07) is -0.694. The third-order valence-electron chi connectivity index (χ3n) is 14.9. The Morgan fingerprint density at radius 1 is 0.368 bits per heavy atom. The quantitative estimate of drug-likeness (QED) is 0.0417. The fourth-order valence-electron chi connectivity index (χ4n) is 10.2. The minimum Gasteiger partial charge on any atom is -0.462 e. The molecular weight excluding hydrogens is 839 g/mol. The monoisotopic (exact) mass is 962 g/mol.